The molecule has 1 aliphatic rings. The molecule has 19 heavy (non-hydrogen) atoms. The molecule has 106 valence electrons. The largest absolute Gasteiger partial charge is 0.389 e. The Hall–Kier alpha value is -1.00. The highest BCUT2D eigenvalue weighted by atomic mass is 19.2. The summed E-state index contributed by atoms with van der Waals surface area (Å²) in [4.78, 5) is 0. The summed E-state index contributed by atoms with van der Waals surface area (Å²) in [5, 5.41) is 13.6. The Bertz CT molecular complexity index is 438. The van der Waals surface area contributed by atoms with Crippen LogP contribution in [-0.4, -0.2) is 17.3 Å². The Kier molecular flexibility index (Phi) is 4.53. The number of halogens is 2. The van der Waals surface area contributed by atoms with Crippen LogP contribution in [0.1, 0.15) is 38.2 Å². The maximum Gasteiger partial charge on any atom is 0.159 e. The summed E-state index contributed by atoms with van der Waals surface area (Å²) in [5.41, 5.74) is 0.0299. The van der Waals surface area contributed by atoms with Gasteiger partial charge in [-0.2, -0.15) is 0 Å². The van der Waals surface area contributed by atoms with Gasteiger partial charge in [0.2, 0.25) is 0 Å². The fourth-order valence-corrected chi connectivity index (χ4v) is 2.88. The maximum absolute atomic E-state index is 13.0. The van der Waals surface area contributed by atoms with Crippen LogP contribution in [0.25, 0.3) is 0 Å². The molecule has 1 aliphatic carbocycles. The summed E-state index contributed by atoms with van der Waals surface area (Å²) >= 11 is 0. The highest BCUT2D eigenvalue weighted by Crippen LogP contribution is 2.31. The van der Waals surface area contributed by atoms with E-state index in [2.05, 4.69) is 12.2 Å². The topological polar surface area (TPSA) is 32.3 Å². The van der Waals surface area contributed by atoms with E-state index in [0.717, 1.165) is 25.3 Å². The zero-order valence-electron chi connectivity index (χ0n) is 11.3. The Morgan fingerprint density at radius 3 is 2.84 bits per heavy atom. The van der Waals surface area contributed by atoms with Gasteiger partial charge in [-0.3, -0.25) is 0 Å². The summed E-state index contributed by atoms with van der Waals surface area (Å²) in [6.45, 7) is 3.09. The quantitative estimate of drug-likeness (QED) is 0.880. The predicted molar refractivity (Wildman–Crippen MR) is 70.6 cm³/mol. The molecular formula is C15H21F2NO. The van der Waals surface area contributed by atoms with E-state index < -0.39 is 17.2 Å². The maximum atomic E-state index is 13.0. The van der Waals surface area contributed by atoms with Crippen LogP contribution in [0.3, 0.4) is 0 Å². The van der Waals surface area contributed by atoms with Crippen LogP contribution in [0, 0.1) is 17.6 Å². The zero-order valence-corrected chi connectivity index (χ0v) is 11.3. The number of benzene rings is 1. The van der Waals surface area contributed by atoms with Gasteiger partial charge >= 0.3 is 0 Å². The number of rotatable bonds is 4. The lowest BCUT2D eigenvalue weighted by molar-refractivity contribution is -0.0119. The molecule has 0 saturated heterocycles. The monoisotopic (exact) mass is 269 g/mol. The van der Waals surface area contributed by atoms with Crippen molar-refractivity contribution in [1.29, 1.82) is 0 Å². The van der Waals surface area contributed by atoms with Gasteiger partial charge in [-0.1, -0.05) is 25.8 Å². The van der Waals surface area contributed by atoms with Crippen molar-refractivity contribution in [2.45, 2.75) is 44.8 Å². The minimum atomic E-state index is -0.830. The minimum Gasteiger partial charge on any atom is -0.389 e. The van der Waals surface area contributed by atoms with Crippen LogP contribution in [0.15, 0.2) is 18.2 Å². The molecule has 0 amide bonds. The SMILES string of the molecule is CC1CCCC(O)(CNCc2ccc(F)c(F)c2)C1. The highest BCUT2D eigenvalue weighted by molar-refractivity contribution is 5.17. The molecule has 0 aromatic heterocycles. The van der Waals surface area contributed by atoms with Gasteiger partial charge in [0.1, 0.15) is 0 Å². The first-order valence-electron chi connectivity index (χ1n) is 6.85. The normalized spacial score (nSPS) is 27.5. The van der Waals surface area contributed by atoms with Gasteiger partial charge in [-0.05, 0) is 36.5 Å². The molecule has 4 heteroatoms. The van der Waals surface area contributed by atoms with Crippen LogP contribution in [0.5, 0.6) is 0 Å². The van der Waals surface area contributed by atoms with Gasteiger partial charge in [0.25, 0.3) is 0 Å². The van der Waals surface area contributed by atoms with E-state index in [-0.39, 0.29) is 0 Å². The van der Waals surface area contributed by atoms with E-state index in [1.807, 2.05) is 0 Å². The average molecular weight is 269 g/mol. The third-order valence-electron chi connectivity index (χ3n) is 3.83. The second-order valence-corrected chi connectivity index (χ2v) is 5.78. The number of aliphatic hydroxyl groups is 1. The fourth-order valence-electron chi connectivity index (χ4n) is 2.88. The van der Waals surface area contributed by atoms with Gasteiger partial charge < -0.3 is 10.4 Å². The predicted octanol–water partition coefficient (Wildman–Crippen LogP) is 3.00. The lowest BCUT2D eigenvalue weighted by Gasteiger charge is -2.35. The molecular weight excluding hydrogens is 248 g/mol. The molecule has 0 aliphatic heterocycles. The molecule has 0 heterocycles. The summed E-state index contributed by atoms with van der Waals surface area (Å²) in [5.74, 6) is -1.11. The molecule has 2 N–H and O–H groups in total. The lowest BCUT2D eigenvalue weighted by Crippen LogP contribution is -2.43. The van der Waals surface area contributed by atoms with Gasteiger partial charge in [-0.15, -0.1) is 0 Å². The summed E-state index contributed by atoms with van der Waals surface area (Å²) in [6, 6.07) is 3.87. The van der Waals surface area contributed by atoms with E-state index in [1.54, 1.807) is 6.07 Å². The van der Waals surface area contributed by atoms with Crippen LogP contribution < -0.4 is 5.32 Å². The van der Waals surface area contributed by atoms with Crippen molar-refractivity contribution in [1.82, 2.24) is 5.32 Å². The van der Waals surface area contributed by atoms with Crippen molar-refractivity contribution in [2.24, 2.45) is 5.92 Å². The third kappa shape index (κ3) is 3.98. The molecule has 1 fully saturated rings. The molecule has 1 aromatic rings. The van der Waals surface area contributed by atoms with E-state index >= 15 is 0 Å². The molecule has 2 nitrogen and oxygen atoms in total. The molecule has 0 bridgehead atoms. The zero-order chi connectivity index (χ0) is 13.9. The first-order chi connectivity index (χ1) is 8.98. The molecule has 0 spiro atoms. The fraction of sp³-hybridized carbons (Fsp3) is 0.600. The van der Waals surface area contributed by atoms with Crippen LogP contribution in [0.4, 0.5) is 8.78 Å². The average Bonchev–Trinajstić information content (AvgIpc) is 2.33. The summed E-state index contributed by atoms with van der Waals surface area (Å²) in [7, 11) is 0. The van der Waals surface area contributed by atoms with Gasteiger partial charge in [0.15, 0.2) is 11.6 Å². The van der Waals surface area contributed by atoms with Crippen molar-refractivity contribution >= 4 is 0 Å². The van der Waals surface area contributed by atoms with Gasteiger partial charge in [-0.25, -0.2) is 8.78 Å². The first kappa shape index (κ1) is 14.4. The van der Waals surface area contributed by atoms with Crippen LogP contribution >= 0.6 is 0 Å². The van der Waals surface area contributed by atoms with Crippen molar-refractivity contribution in [3.05, 3.63) is 35.4 Å². The lowest BCUT2D eigenvalue weighted by atomic mass is 9.79. The number of hydrogen-bond donors (Lipinski definition) is 2. The Morgan fingerprint density at radius 2 is 2.16 bits per heavy atom. The third-order valence-corrected chi connectivity index (χ3v) is 3.83. The smallest absolute Gasteiger partial charge is 0.159 e. The number of nitrogens with one attached hydrogen (secondary N) is 1. The minimum absolute atomic E-state index is 0.438. The molecule has 1 saturated carbocycles. The summed E-state index contributed by atoms with van der Waals surface area (Å²) in [6.07, 6.45) is 3.83. The van der Waals surface area contributed by atoms with Crippen LogP contribution in [0.2, 0.25) is 0 Å². The van der Waals surface area contributed by atoms with Crippen LogP contribution in [-0.2, 0) is 6.54 Å². The van der Waals surface area contributed by atoms with E-state index in [1.165, 1.54) is 12.5 Å². The van der Waals surface area contributed by atoms with Crippen molar-refractivity contribution in [2.75, 3.05) is 6.54 Å². The standard InChI is InChI=1S/C15H21F2NO/c1-11-3-2-6-15(19,8-11)10-18-9-12-4-5-13(16)14(17)7-12/h4-5,7,11,18-19H,2-3,6,8-10H2,1H3. The van der Waals surface area contributed by atoms with Crippen molar-refractivity contribution in [3.63, 3.8) is 0 Å². The van der Waals surface area contributed by atoms with Gasteiger partial charge in [0, 0.05) is 13.1 Å². The Labute approximate surface area is 112 Å². The van der Waals surface area contributed by atoms with Crippen molar-refractivity contribution < 1.29 is 13.9 Å². The first-order valence-corrected chi connectivity index (χ1v) is 6.85. The van der Waals surface area contributed by atoms with E-state index in [9.17, 15) is 13.9 Å². The Balaban J connectivity index is 1.84. The Morgan fingerprint density at radius 1 is 1.37 bits per heavy atom. The molecule has 1 aromatic carbocycles. The van der Waals surface area contributed by atoms with E-state index in [0.29, 0.717) is 24.6 Å². The second kappa shape index (κ2) is 5.97. The summed E-state index contributed by atoms with van der Waals surface area (Å²) < 4.78 is 25.8. The highest BCUT2D eigenvalue weighted by Gasteiger charge is 2.31. The molecule has 0 radical (unpaired) electrons. The van der Waals surface area contributed by atoms with Gasteiger partial charge in [0.05, 0.1) is 5.60 Å². The molecule has 2 rings (SSSR count). The molecule has 2 atom stereocenters. The van der Waals surface area contributed by atoms with Crippen molar-refractivity contribution in [3.8, 4) is 0 Å². The second-order valence-electron chi connectivity index (χ2n) is 5.78. The number of hydrogen-bond acceptors (Lipinski definition) is 2. The molecule has 2 unspecified atom stereocenters. The van der Waals surface area contributed by atoms with E-state index in [4.69, 9.17) is 0 Å².